The second kappa shape index (κ2) is 9.85. The van der Waals surface area contributed by atoms with Crippen LogP contribution in [0.1, 0.15) is 22.3 Å². The van der Waals surface area contributed by atoms with E-state index in [0.717, 1.165) is 24.2 Å². The zero-order valence-electron chi connectivity index (χ0n) is 18.0. The van der Waals surface area contributed by atoms with Crippen molar-refractivity contribution in [2.45, 2.75) is 26.7 Å². The van der Waals surface area contributed by atoms with Gasteiger partial charge in [0.25, 0.3) is 0 Å². The molecule has 0 aliphatic rings. The first-order valence-electron chi connectivity index (χ1n) is 9.87. The molecule has 0 spiro atoms. The standard InChI is InChI=1S/C23H24NO7P/c1-16-14-19(9-8-18-10-12-20(29-3)13-11-18)15-17(2)23(16)31-32(27,28)30-22-7-5-4-6-21(22)24(25)26/h4-7,10-15H,8-9H2,1-3H3,(H,27,28). The molecule has 32 heavy (non-hydrogen) atoms. The van der Waals surface area contributed by atoms with E-state index in [1.807, 2.05) is 36.4 Å². The first-order valence-corrected chi connectivity index (χ1v) is 11.4. The van der Waals surface area contributed by atoms with Gasteiger partial charge in [0.15, 0.2) is 0 Å². The summed E-state index contributed by atoms with van der Waals surface area (Å²) < 4.78 is 28.0. The predicted molar refractivity (Wildman–Crippen MR) is 120 cm³/mol. The highest BCUT2D eigenvalue weighted by Crippen LogP contribution is 2.48. The minimum absolute atomic E-state index is 0.211. The molecule has 0 amide bonds. The Hall–Kier alpha value is -3.35. The van der Waals surface area contributed by atoms with Gasteiger partial charge in [0, 0.05) is 6.07 Å². The molecule has 0 heterocycles. The molecule has 9 heteroatoms. The van der Waals surface area contributed by atoms with Crippen LogP contribution in [-0.4, -0.2) is 16.9 Å². The van der Waals surface area contributed by atoms with Gasteiger partial charge < -0.3 is 13.8 Å². The molecule has 0 aliphatic carbocycles. The summed E-state index contributed by atoms with van der Waals surface area (Å²) in [7, 11) is -3.03. The number of methoxy groups -OCH3 is 1. The Morgan fingerprint density at radius 3 is 2.12 bits per heavy atom. The fourth-order valence-electron chi connectivity index (χ4n) is 3.35. The van der Waals surface area contributed by atoms with Crippen molar-refractivity contribution in [2.75, 3.05) is 7.11 Å². The fraction of sp³-hybridized carbons (Fsp3) is 0.217. The number of nitro groups is 1. The molecule has 0 aliphatic heterocycles. The zero-order chi connectivity index (χ0) is 23.3. The maximum Gasteiger partial charge on any atom is 0.585 e. The van der Waals surface area contributed by atoms with Gasteiger partial charge in [-0.3, -0.25) is 15.0 Å². The first-order chi connectivity index (χ1) is 15.2. The van der Waals surface area contributed by atoms with Crippen molar-refractivity contribution in [3.8, 4) is 17.2 Å². The number of hydrogen-bond acceptors (Lipinski definition) is 6. The molecule has 3 aromatic carbocycles. The van der Waals surface area contributed by atoms with Crippen molar-refractivity contribution >= 4 is 13.5 Å². The minimum atomic E-state index is -4.66. The van der Waals surface area contributed by atoms with Gasteiger partial charge in [0.05, 0.1) is 12.0 Å². The zero-order valence-corrected chi connectivity index (χ0v) is 18.9. The highest BCUT2D eigenvalue weighted by molar-refractivity contribution is 7.48. The van der Waals surface area contributed by atoms with Crippen LogP contribution >= 0.6 is 7.82 Å². The smallest absolute Gasteiger partial charge is 0.497 e. The van der Waals surface area contributed by atoms with Gasteiger partial charge in [-0.15, -0.1) is 0 Å². The molecular formula is C23H24NO7P. The second-order valence-corrected chi connectivity index (χ2v) is 8.59. The highest BCUT2D eigenvalue weighted by atomic mass is 31.2. The van der Waals surface area contributed by atoms with E-state index in [9.17, 15) is 19.6 Å². The van der Waals surface area contributed by atoms with Crippen LogP contribution in [0.3, 0.4) is 0 Å². The van der Waals surface area contributed by atoms with E-state index in [-0.39, 0.29) is 11.5 Å². The van der Waals surface area contributed by atoms with Crippen LogP contribution in [0, 0.1) is 24.0 Å². The SMILES string of the molecule is COc1ccc(CCc2cc(C)c(OP(=O)(O)Oc3ccccc3[N+](=O)[O-])c(C)c2)cc1. The Bertz CT molecular complexity index is 1140. The molecule has 0 bridgehead atoms. The van der Waals surface area contributed by atoms with Crippen LogP contribution in [0.4, 0.5) is 5.69 Å². The Labute approximate surface area is 186 Å². The minimum Gasteiger partial charge on any atom is -0.497 e. The third-order valence-corrected chi connectivity index (χ3v) is 5.70. The van der Waals surface area contributed by atoms with Crippen molar-refractivity contribution in [1.29, 1.82) is 0 Å². The van der Waals surface area contributed by atoms with Gasteiger partial charge >= 0.3 is 13.5 Å². The van der Waals surface area contributed by atoms with Crippen LogP contribution in [-0.2, 0) is 17.4 Å². The first kappa shape index (κ1) is 23.3. The molecule has 3 rings (SSSR count). The normalized spacial score (nSPS) is 12.6. The van der Waals surface area contributed by atoms with Crippen LogP contribution in [0.25, 0.3) is 0 Å². The maximum absolute atomic E-state index is 12.6. The van der Waals surface area contributed by atoms with Crippen LogP contribution in [0.15, 0.2) is 60.7 Å². The van der Waals surface area contributed by atoms with Gasteiger partial charge in [-0.05, 0) is 67.1 Å². The van der Waals surface area contributed by atoms with Gasteiger partial charge in [0.2, 0.25) is 5.75 Å². The lowest BCUT2D eigenvalue weighted by atomic mass is 10.00. The Kier molecular flexibility index (Phi) is 7.18. The monoisotopic (exact) mass is 457 g/mol. The van der Waals surface area contributed by atoms with Crippen LogP contribution in [0.2, 0.25) is 0 Å². The molecule has 0 saturated heterocycles. The number of nitro benzene ring substituents is 1. The van der Waals surface area contributed by atoms with Crippen molar-refractivity contribution in [2.24, 2.45) is 0 Å². The van der Waals surface area contributed by atoms with E-state index in [0.29, 0.717) is 11.1 Å². The van der Waals surface area contributed by atoms with E-state index in [2.05, 4.69) is 0 Å². The number of para-hydroxylation sites is 2. The molecular weight excluding hydrogens is 433 g/mol. The van der Waals surface area contributed by atoms with Gasteiger partial charge in [-0.1, -0.05) is 36.4 Å². The summed E-state index contributed by atoms with van der Waals surface area (Å²) in [5.74, 6) is 0.677. The number of aryl methyl sites for hydroxylation is 4. The summed E-state index contributed by atoms with van der Waals surface area (Å²) in [4.78, 5) is 20.6. The molecule has 0 radical (unpaired) electrons. The molecule has 1 unspecified atom stereocenters. The number of nitrogens with zero attached hydrogens (tertiary/aromatic N) is 1. The molecule has 168 valence electrons. The quantitative estimate of drug-likeness (QED) is 0.254. The van der Waals surface area contributed by atoms with Crippen molar-refractivity contribution in [3.63, 3.8) is 0 Å². The Morgan fingerprint density at radius 1 is 0.938 bits per heavy atom. The van der Waals surface area contributed by atoms with Crippen LogP contribution < -0.4 is 13.8 Å². The largest absolute Gasteiger partial charge is 0.585 e. The molecule has 1 atom stereocenters. The average Bonchev–Trinajstić information content (AvgIpc) is 2.75. The summed E-state index contributed by atoms with van der Waals surface area (Å²) in [5, 5.41) is 11.1. The van der Waals surface area contributed by atoms with Crippen LogP contribution in [0.5, 0.6) is 17.2 Å². The number of ether oxygens (including phenoxy) is 1. The van der Waals surface area contributed by atoms with Crippen molar-refractivity contribution in [3.05, 3.63) is 93.0 Å². The van der Waals surface area contributed by atoms with Gasteiger partial charge in [-0.2, -0.15) is 0 Å². The summed E-state index contributed by atoms with van der Waals surface area (Å²) in [5.41, 5.74) is 3.12. The summed E-state index contributed by atoms with van der Waals surface area (Å²) in [6.45, 7) is 3.54. The highest BCUT2D eigenvalue weighted by Gasteiger charge is 2.30. The van der Waals surface area contributed by atoms with Gasteiger partial charge in [-0.25, -0.2) is 4.57 Å². The molecule has 3 aromatic rings. The van der Waals surface area contributed by atoms with E-state index in [1.165, 1.54) is 29.8 Å². The third kappa shape index (κ3) is 5.87. The van der Waals surface area contributed by atoms with E-state index in [1.54, 1.807) is 21.0 Å². The lowest BCUT2D eigenvalue weighted by molar-refractivity contribution is -0.385. The van der Waals surface area contributed by atoms with E-state index in [4.69, 9.17) is 13.8 Å². The molecule has 0 aromatic heterocycles. The lowest BCUT2D eigenvalue weighted by Gasteiger charge is -2.18. The summed E-state index contributed by atoms with van der Waals surface area (Å²) >= 11 is 0. The number of rotatable bonds is 9. The fourth-order valence-corrected chi connectivity index (χ4v) is 4.31. The van der Waals surface area contributed by atoms with Crippen molar-refractivity contribution in [1.82, 2.24) is 0 Å². The van der Waals surface area contributed by atoms with E-state index >= 15 is 0 Å². The number of phosphoric ester groups is 1. The summed E-state index contributed by atoms with van der Waals surface area (Å²) in [6, 6.07) is 17.0. The summed E-state index contributed by atoms with van der Waals surface area (Å²) in [6.07, 6.45) is 1.60. The Balaban J connectivity index is 1.73. The predicted octanol–water partition coefficient (Wildman–Crippen LogP) is 5.56. The topological polar surface area (TPSA) is 108 Å². The van der Waals surface area contributed by atoms with E-state index < -0.39 is 18.4 Å². The Morgan fingerprint density at radius 2 is 1.53 bits per heavy atom. The number of hydrogen-bond donors (Lipinski definition) is 1. The molecule has 1 N–H and O–H groups in total. The third-order valence-electron chi connectivity index (χ3n) is 4.86. The lowest BCUT2D eigenvalue weighted by Crippen LogP contribution is -2.04. The second-order valence-electron chi connectivity index (χ2n) is 7.28. The number of phosphoric acid groups is 1. The molecule has 8 nitrogen and oxygen atoms in total. The maximum atomic E-state index is 12.6. The van der Waals surface area contributed by atoms with Gasteiger partial charge in [0.1, 0.15) is 11.5 Å². The molecule has 0 saturated carbocycles. The van der Waals surface area contributed by atoms with Crippen molar-refractivity contribution < 1.29 is 28.2 Å². The average molecular weight is 457 g/mol. The number of benzene rings is 3. The molecule has 0 fully saturated rings.